The third-order valence-corrected chi connectivity index (χ3v) is 11.0. The standard InChI is InChI=1S/C34H59N5O5S/c1-6-15-25(28(40)30(42)35-21-7-2)36-29(41)26-18-14-22-39(26)31(43)27(24-16-10-8-11-17-24)37-32(44)38-34(19-12-9-13-20-34)23-45-33(3,4)5/h24-27H,6-23H2,1-5H3,(H,35,42)(H,36,41)(H2,37,38,44)/t25?,26-,27?/m0/s1. The number of nitrogens with one attached hydrogen (secondary N) is 4. The minimum atomic E-state index is -0.937. The Morgan fingerprint density at radius 1 is 0.867 bits per heavy atom. The van der Waals surface area contributed by atoms with E-state index in [1.165, 1.54) is 6.42 Å². The second-order valence-corrected chi connectivity index (χ2v) is 16.2. The van der Waals surface area contributed by atoms with Crippen LogP contribution in [0.15, 0.2) is 0 Å². The fraction of sp³-hybridized carbons (Fsp3) is 0.853. The average Bonchev–Trinajstić information content (AvgIpc) is 3.51. The molecule has 2 unspecified atom stereocenters. The average molecular weight is 650 g/mol. The molecule has 1 saturated heterocycles. The molecule has 3 aliphatic rings. The van der Waals surface area contributed by atoms with E-state index in [2.05, 4.69) is 42.0 Å². The molecule has 2 aliphatic carbocycles. The van der Waals surface area contributed by atoms with Crippen LogP contribution in [0.1, 0.15) is 131 Å². The van der Waals surface area contributed by atoms with E-state index in [1.807, 2.05) is 25.6 Å². The highest BCUT2D eigenvalue weighted by atomic mass is 32.2. The Hall–Kier alpha value is -2.30. The monoisotopic (exact) mass is 649 g/mol. The first-order chi connectivity index (χ1) is 21.4. The van der Waals surface area contributed by atoms with Gasteiger partial charge in [-0.25, -0.2) is 4.79 Å². The van der Waals surface area contributed by atoms with Crippen molar-refractivity contribution in [3.63, 3.8) is 0 Å². The summed E-state index contributed by atoms with van der Waals surface area (Å²) < 4.78 is 0.0780. The summed E-state index contributed by atoms with van der Waals surface area (Å²) in [6.45, 7) is 11.2. The molecular weight excluding hydrogens is 590 g/mol. The summed E-state index contributed by atoms with van der Waals surface area (Å²) in [7, 11) is 0. The second kappa shape index (κ2) is 17.6. The van der Waals surface area contributed by atoms with Gasteiger partial charge in [0.2, 0.25) is 17.6 Å². The molecule has 10 nitrogen and oxygen atoms in total. The van der Waals surface area contributed by atoms with Gasteiger partial charge < -0.3 is 26.2 Å². The van der Waals surface area contributed by atoms with Crippen LogP contribution in [0.5, 0.6) is 0 Å². The van der Waals surface area contributed by atoms with Crippen molar-refractivity contribution in [2.24, 2.45) is 5.92 Å². The molecule has 0 aromatic rings. The van der Waals surface area contributed by atoms with E-state index in [0.29, 0.717) is 45.2 Å². The zero-order chi connectivity index (χ0) is 33.0. The van der Waals surface area contributed by atoms with Gasteiger partial charge in [0.05, 0.1) is 11.6 Å². The topological polar surface area (TPSA) is 137 Å². The van der Waals surface area contributed by atoms with Crippen molar-refractivity contribution >= 4 is 41.3 Å². The highest BCUT2D eigenvalue weighted by Gasteiger charge is 2.43. The van der Waals surface area contributed by atoms with Crippen molar-refractivity contribution < 1.29 is 24.0 Å². The first-order valence-corrected chi connectivity index (χ1v) is 18.5. The van der Waals surface area contributed by atoms with Crippen molar-refractivity contribution in [3.05, 3.63) is 0 Å². The van der Waals surface area contributed by atoms with Crippen molar-refractivity contribution in [2.45, 2.75) is 159 Å². The highest BCUT2D eigenvalue weighted by Crippen LogP contribution is 2.36. The molecule has 3 atom stereocenters. The number of carbonyl (C=O) groups excluding carboxylic acids is 5. The Bertz CT molecular complexity index is 1020. The van der Waals surface area contributed by atoms with Crippen LogP contribution in [0.2, 0.25) is 0 Å². The second-order valence-electron chi connectivity index (χ2n) is 14.4. The molecule has 5 amide bonds. The number of thioether (sulfide) groups is 1. The van der Waals surface area contributed by atoms with Crippen LogP contribution in [0.3, 0.4) is 0 Å². The molecule has 1 heterocycles. The summed E-state index contributed by atoms with van der Waals surface area (Å²) in [5.74, 6) is -1.16. The van der Waals surface area contributed by atoms with Gasteiger partial charge in [-0.05, 0) is 57.3 Å². The fourth-order valence-electron chi connectivity index (χ4n) is 6.95. The van der Waals surface area contributed by atoms with E-state index in [9.17, 15) is 24.0 Å². The summed E-state index contributed by atoms with van der Waals surface area (Å²) in [4.78, 5) is 68.4. The lowest BCUT2D eigenvalue weighted by Crippen LogP contribution is -2.61. The number of carbonyl (C=O) groups is 5. The molecule has 45 heavy (non-hydrogen) atoms. The minimum absolute atomic E-state index is 0.00393. The predicted molar refractivity (Wildman–Crippen MR) is 180 cm³/mol. The number of likely N-dealkylation sites (tertiary alicyclic amines) is 1. The minimum Gasteiger partial charge on any atom is -0.349 e. The quantitative estimate of drug-likeness (QED) is 0.199. The van der Waals surface area contributed by atoms with Crippen LogP contribution in [0, 0.1) is 5.92 Å². The van der Waals surface area contributed by atoms with Crippen LogP contribution in [0.25, 0.3) is 0 Å². The third kappa shape index (κ3) is 11.2. The summed E-state index contributed by atoms with van der Waals surface area (Å²) in [6, 6.07) is -2.70. The first kappa shape index (κ1) is 37.2. The Kier molecular flexibility index (Phi) is 14.5. The summed E-state index contributed by atoms with van der Waals surface area (Å²) in [5.41, 5.74) is -0.305. The molecule has 256 valence electrons. The van der Waals surface area contributed by atoms with Crippen LogP contribution in [0.4, 0.5) is 4.79 Å². The van der Waals surface area contributed by atoms with E-state index in [0.717, 1.165) is 63.5 Å². The van der Waals surface area contributed by atoms with E-state index in [1.54, 1.807) is 4.90 Å². The molecule has 3 fully saturated rings. The number of amides is 5. The van der Waals surface area contributed by atoms with Crippen molar-refractivity contribution in [2.75, 3.05) is 18.8 Å². The van der Waals surface area contributed by atoms with Gasteiger partial charge >= 0.3 is 6.03 Å². The molecule has 4 N–H and O–H groups in total. The van der Waals surface area contributed by atoms with Gasteiger partial charge in [-0.3, -0.25) is 19.2 Å². The number of hydrogen-bond donors (Lipinski definition) is 4. The predicted octanol–water partition coefficient (Wildman–Crippen LogP) is 4.84. The Morgan fingerprint density at radius 2 is 1.53 bits per heavy atom. The van der Waals surface area contributed by atoms with Gasteiger partial charge in [0.25, 0.3) is 5.91 Å². The van der Waals surface area contributed by atoms with Crippen LogP contribution >= 0.6 is 11.8 Å². The molecule has 0 radical (unpaired) electrons. The maximum absolute atomic E-state index is 14.3. The van der Waals surface area contributed by atoms with Crippen molar-refractivity contribution in [3.8, 4) is 0 Å². The summed E-state index contributed by atoms with van der Waals surface area (Å²) in [5, 5.41) is 11.9. The van der Waals surface area contributed by atoms with Crippen LogP contribution in [-0.2, 0) is 19.2 Å². The molecule has 3 rings (SSSR count). The summed E-state index contributed by atoms with van der Waals surface area (Å²) >= 11 is 1.86. The van der Waals surface area contributed by atoms with E-state index in [4.69, 9.17) is 0 Å². The maximum Gasteiger partial charge on any atom is 0.315 e. The van der Waals surface area contributed by atoms with Gasteiger partial charge in [-0.15, -0.1) is 0 Å². The lowest BCUT2D eigenvalue weighted by molar-refractivity contribution is -0.143. The van der Waals surface area contributed by atoms with E-state index in [-0.39, 0.29) is 28.1 Å². The zero-order valence-electron chi connectivity index (χ0n) is 28.4. The molecule has 0 bridgehead atoms. The first-order valence-electron chi connectivity index (χ1n) is 17.5. The smallest absolute Gasteiger partial charge is 0.315 e. The molecule has 0 aromatic carbocycles. The molecule has 0 spiro atoms. The number of rotatable bonds is 14. The zero-order valence-corrected chi connectivity index (χ0v) is 29.3. The molecule has 2 saturated carbocycles. The SMILES string of the molecule is CCCNC(=O)C(=O)C(CCC)NC(=O)[C@@H]1CCCN1C(=O)C(NC(=O)NC1(CSC(C)(C)C)CCCCC1)C1CCCCC1. The van der Waals surface area contributed by atoms with Gasteiger partial charge in [0.15, 0.2) is 0 Å². The number of Topliss-reactive ketones (excluding diaryl/α,β-unsaturated/α-hetero) is 1. The highest BCUT2D eigenvalue weighted by molar-refractivity contribution is 8.00. The molecule has 11 heteroatoms. The molecule has 1 aliphatic heterocycles. The Morgan fingerprint density at radius 3 is 2.16 bits per heavy atom. The number of urea groups is 1. The fourth-order valence-corrected chi connectivity index (χ4v) is 8.02. The van der Waals surface area contributed by atoms with Gasteiger partial charge in [-0.2, -0.15) is 11.8 Å². The normalized spacial score (nSPS) is 21.8. The van der Waals surface area contributed by atoms with Crippen molar-refractivity contribution in [1.29, 1.82) is 0 Å². The lowest BCUT2D eigenvalue weighted by atomic mass is 9.82. The number of nitrogens with zero attached hydrogens (tertiary/aromatic N) is 1. The Balaban J connectivity index is 1.75. The Labute approximate surface area is 275 Å². The van der Waals surface area contributed by atoms with Gasteiger partial charge in [0, 0.05) is 23.6 Å². The lowest BCUT2D eigenvalue weighted by Gasteiger charge is -2.40. The van der Waals surface area contributed by atoms with E-state index < -0.39 is 35.7 Å². The largest absolute Gasteiger partial charge is 0.349 e. The van der Waals surface area contributed by atoms with Gasteiger partial charge in [-0.1, -0.05) is 79.6 Å². The third-order valence-electron chi connectivity index (χ3n) is 9.45. The number of hydrogen-bond acceptors (Lipinski definition) is 6. The number of ketones is 1. The van der Waals surface area contributed by atoms with E-state index >= 15 is 0 Å². The molecule has 0 aromatic heterocycles. The molecular formula is C34H59N5O5S. The maximum atomic E-state index is 14.3. The van der Waals surface area contributed by atoms with Crippen molar-refractivity contribution in [1.82, 2.24) is 26.2 Å². The van der Waals surface area contributed by atoms with Crippen LogP contribution in [-0.4, -0.2) is 81.7 Å². The van der Waals surface area contributed by atoms with Gasteiger partial charge in [0.1, 0.15) is 12.1 Å². The van der Waals surface area contributed by atoms with Crippen LogP contribution < -0.4 is 21.3 Å². The summed E-state index contributed by atoms with van der Waals surface area (Å²) in [6.07, 6.45) is 12.8.